The highest BCUT2D eigenvalue weighted by atomic mass is 19.3. The summed E-state index contributed by atoms with van der Waals surface area (Å²) in [6.45, 7) is 0. The number of nitro groups is 1. The molecule has 0 aliphatic heterocycles. The van der Waals surface area contributed by atoms with E-state index >= 15 is 0 Å². The van der Waals surface area contributed by atoms with Gasteiger partial charge in [-0.3, -0.25) is 14.9 Å². The molecule has 0 fully saturated rings. The summed E-state index contributed by atoms with van der Waals surface area (Å²) in [5, 5.41) is 9.22. The number of carbonyl (C=O) groups is 1. The van der Waals surface area contributed by atoms with E-state index in [1.807, 2.05) is 0 Å². The van der Waals surface area contributed by atoms with E-state index in [1.54, 1.807) is 0 Å². The van der Waals surface area contributed by atoms with Gasteiger partial charge in [-0.25, -0.2) is 0 Å². The highest BCUT2D eigenvalue weighted by Crippen LogP contribution is 2.11. The van der Waals surface area contributed by atoms with Gasteiger partial charge in [0.1, 0.15) is 4.92 Å². The second kappa shape index (κ2) is 1.92. The molecule has 0 aromatic rings. The van der Waals surface area contributed by atoms with E-state index in [2.05, 4.69) is 5.73 Å². The number of nitrogens with zero attached hydrogens (tertiary/aromatic N) is 1. The summed E-state index contributed by atoms with van der Waals surface area (Å²) in [4.78, 5) is 16.7. The molecule has 7 heteroatoms. The Morgan fingerprint density at radius 3 is 2.00 bits per heavy atom. The highest BCUT2D eigenvalue weighted by molar-refractivity contribution is 5.79. The molecule has 0 atom stereocenters. The van der Waals surface area contributed by atoms with Crippen molar-refractivity contribution in [1.29, 1.82) is 0 Å². The van der Waals surface area contributed by atoms with Crippen LogP contribution >= 0.6 is 0 Å². The first-order chi connectivity index (χ1) is 3.89. The van der Waals surface area contributed by atoms with Crippen molar-refractivity contribution in [1.82, 2.24) is 0 Å². The molecule has 0 unspecified atom stereocenters. The maximum absolute atomic E-state index is 11.5. The molecule has 52 valence electrons. The lowest BCUT2D eigenvalue weighted by atomic mass is 10.5. The minimum absolute atomic E-state index is 2.05. The zero-order chi connectivity index (χ0) is 7.65. The number of carbonyl (C=O) groups excluding carboxylic acids is 1. The lowest BCUT2D eigenvalue weighted by Crippen LogP contribution is -2.42. The molecule has 0 rings (SSSR count). The van der Waals surface area contributed by atoms with E-state index in [0.717, 1.165) is 0 Å². The van der Waals surface area contributed by atoms with Crippen LogP contribution < -0.4 is 5.73 Å². The van der Waals surface area contributed by atoms with Gasteiger partial charge < -0.3 is 5.73 Å². The summed E-state index contributed by atoms with van der Waals surface area (Å²) in [5.41, 5.74) is 3.94. The summed E-state index contributed by atoms with van der Waals surface area (Å²) in [6, 6.07) is -4.64. The lowest BCUT2D eigenvalue weighted by Gasteiger charge is -1.99. The quantitative estimate of drug-likeness (QED) is 0.314. The van der Waals surface area contributed by atoms with Gasteiger partial charge in [-0.05, 0) is 0 Å². The molecule has 0 heterocycles. The van der Waals surface area contributed by atoms with Gasteiger partial charge in [0.15, 0.2) is 0 Å². The predicted octanol–water partition coefficient (Wildman–Crippen LogP) is -0.659. The third-order valence-corrected chi connectivity index (χ3v) is 0.526. The van der Waals surface area contributed by atoms with E-state index in [9.17, 15) is 23.7 Å². The normalized spacial score (nSPS) is 10.9. The van der Waals surface area contributed by atoms with Crippen LogP contribution in [0, 0.1) is 10.1 Å². The van der Waals surface area contributed by atoms with Crippen LogP contribution in [0.5, 0.6) is 0 Å². The molecule has 5 nitrogen and oxygen atoms in total. The van der Waals surface area contributed by atoms with E-state index < -0.39 is 16.9 Å². The minimum Gasteiger partial charge on any atom is -0.358 e. The van der Waals surface area contributed by atoms with Gasteiger partial charge in [0, 0.05) is 0 Å². The van der Waals surface area contributed by atoms with Crippen LogP contribution in [0.3, 0.4) is 0 Å². The molecule has 0 aliphatic rings. The zero-order valence-corrected chi connectivity index (χ0v) is 4.01. The van der Waals surface area contributed by atoms with Crippen LogP contribution in [-0.4, -0.2) is 16.9 Å². The smallest absolute Gasteiger partial charge is 0.358 e. The standard InChI is InChI=1S/C2H2F2N2O3/c3-2(4,1(5)7)6(8)9/h(H2,5,7). The number of alkyl halides is 2. The van der Waals surface area contributed by atoms with E-state index in [1.165, 1.54) is 0 Å². The minimum atomic E-state index is -4.64. The Hall–Kier alpha value is -1.27. The van der Waals surface area contributed by atoms with E-state index in [4.69, 9.17) is 0 Å². The molecular formula is C2H2F2N2O3. The maximum atomic E-state index is 11.5. The topological polar surface area (TPSA) is 86.2 Å². The first-order valence-electron chi connectivity index (χ1n) is 1.71. The van der Waals surface area contributed by atoms with E-state index in [-0.39, 0.29) is 0 Å². The van der Waals surface area contributed by atoms with Crippen molar-refractivity contribution in [3.63, 3.8) is 0 Å². The highest BCUT2D eigenvalue weighted by Gasteiger charge is 2.51. The van der Waals surface area contributed by atoms with Crippen molar-refractivity contribution >= 4 is 5.91 Å². The van der Waals surface area contributed by atoms with Gasteiger partial charge >= 0.3 is 12.0 Å². The van der Waals surface area contributed by atoms with Crippen molar-refractivity contribution in [3.8, 4) is 0 Å². The number of amides is 1. The van der Waals surface area contributed by atoms with E-state index in [0.29, 0.717) is 0 Å². The maximum Gasteiger partial charge on any atom is 0.593 e. The second-order valence-corrected chi connectivity index (χ2v) is 1.16. The Bertz CT molecular complexity index is 140. The summed E-state index contributed by atoms with van der Waals surface area (Å²) in [6.07, 6.45) is 0. The van der Waals surface area contributed by atoms with Gasteiger partial charge in [0.25, 0.3) is 0 Å². The molecule has 0 aliphatic carbocycles. The summed E-state index contributed by atoms with van der Waals surface area (Å²) < 4.78 is 23.0. The average Bonchev–Trinajstić information content (AvgIpc) is 1.65. The first kappa shape index (κ1) is 7.73. The molecule has 0 radical (unpaired) electrons. The number of hydrogen-bond acceptors (Lipinski definition) is 3. The third kappa shape index (κ3) is 1.31. The molecule has 0 bridgehead atoms. The molecule has 1 amide bonds. The number of halogens is 2. The van der Waals surface area contributed by atoms with Crippen LogP contribution in [0.2, 0.25) is 0 Å². The van der Waals surface area contributed by atoms with Gasteiger partial charge in [-0.2, -0.15) is 0 Å². The van der Waals surface area contributed by atoms with Gasteiger partial charge in [-0.1, -0.05) is 0 Å². The lowest BCUT2D eigenvalue weighted by molar-refractivity contribution is -0.621. The van der Waals surface area contributed by atoms with Crippen LogP contribution in [0.1, 0.15) is 0 Å². The van der Waals surface area contributed by atoms with Crippen LogP contribution in [0.4, 0.5) is 8.78 Å². The molecular weight excluding hydrogens is 138 g/mol. The van der Waals surface area contributed by atoms with Crippen molar-refractivity contribution < 1.29 is 18.5 Å². The monoisotopic (exact) mass is 140 g/mol. The summed E-state index contributed by atoms with van der Waals surface area (Å²) in [5.74, 6) is -2.26. The second-order valence-electron chi connectivity index (χ2n) is 1.16. The number of primary amides is 1. The fraction of sp³-hybridized carbons (Fsp3) is 0.500. The third-order valence-electron chi connectivity index (χ3n) is 0.526. The molecule has 0 saturated carbocycles. The Morgan fingerprint density at radius 1 is 1.67 bits per heavy atom. The Labute approximate surface area is 47.6 Å². The summed E-state index contributed by atoms with van der Waals surface area (Å²) in [7, 11) is 0. The Kier molecular flexibility index (Phi) is 1.65. The molecule has 0 aromatic heterocycles. The summed E-state index contributed by atoms with van der Waals surface area (Å²) >= 11 is 0. The van der Waals surface area contributed by atoms with Crippen LogP contribution in [-0.2, 0) is 4.79 Å². The van der Waals surface area contributed by atoms with Gasteiger partial charge in [0.2, 0.25) is 0 Å². The first-order valence-corrected chi connectivity index (χ1v) is 1.71. The van der Waals surface area contributed by atoms with Crippen molar-refractivity contribution in [2.45, 2.75) is 6.05 Å². The SMILES string of the molecule is NC(=O)C(F)(F)[N+](=O)[O-]. The molecule has 9 heavy (non-hydrogen) atoms. The molecule has 0 saturated heterocycles. The van der Waals surface area contributed by atoms with Gasteiger partial charge in [-0.15, -0.1) is 8.78 Å². The van der Waals surface area contributed by atoms with Crippen molar-refractivity contribution in [3.05, 3.63) is 10.1 Å². The van der Waals surface area contributed by atoms with Crippen molar-refractivity contribution in [2.75, 3.05) is 0 Å². The van der Waals surface area contributed by atoms with Crippen LogP contribution in [0.25, 0.3) is 0 Å². The Balaban J connectivity index is 4.38. The van der Waals surface area contributed by atoms with Crippen LogP contribution in [0.15, 0.2) is 0 Å². The van der Waals surface area contributed by atoms with Gasteiger partial charge in [0.05, 0.1) is 0 Å². The Morgan fingerprint density at radius 2 is 2.00 bits per heavy atom. The number of rotatable bonds is 2. The molecule has 2 N–H and O–H groups in total. The molecule has 0 aromatic carbocycles. The predicted molar refractivity (Wildman–Crippen MR) is 21.1 cm³/mol. The number of nitrogens with two attached hydrogens (primary N) is 1. The average molecular weight is 140 g/mol. The zero-order valence-electron chi connectivity index (χ0n) is 4.01. The fourth-order valence-corrected chi connectivity index (χ4v) is 0.0900. The fourth-order valence-electron chi connectivity index (χ4n) is 0.0900. The largest absolute Gasteiger partial charge is 0.593 e. The molecule has 0 spiro atoms. The number of hydrogen-bond donors (Lipinski definition) is 1. The van der Waals surface area contributed by atoms with Crippen molar-refractivity contribution in [2.24, 2.45) is 5.73 Å².